The molecule has 22 nitrogen and oxygen atoms in total. The zero-order chi connectivity index (χ0) is 78.2. The van der Waals surface area contributed by atoms with E-state index < -0.39 is 46.9 Å². The van der Waals surface area contributed by atoms with Crippen LogP contribution >= 0.6 is 12.4 Å². The van der Waals surface area contributed by atoms with Crippen LogP contribution in [0, 0.1) is 16.7 Å². The van der Waals surface area contributed by atoms with E-state index in [1.807, 2.05) is 165 Å². The first-order valence-corrected chi connectivity index (χ1v) is 33.8. The molecule has 0 heterocycles. The summed E-state index contributed by atoms with van der Waals surface area (Å²) in [5, 5.41) is 9.35. The van der Waals surface area contributed by atoms with Crippen LogP contribution in [0.3, 0.4) is 0 Å². The number of nitrogens with zero attached hydrogens (tertiary/aromatic N) is 3. The molecule has 0 aliphatic heterocycles. The third-order valence-corrected chi connectivity index (χ3v) is 16.6. The van der Waals surface area contributed by atoms with E-state index in [0.29, 0.717) is 12.1 Å². The van der Waals surface area contributed by atoms with E-state index in [0.717, 1.165) is 58.1 Å². The van der Waals surface area contributed by atoms with Gasteiger partial charge in [-0.3, -0.25) is 29.0 Å². The first-order chi connectivity index (χ1) is 47.9. The normalized spacial score (nSPS) is 13.7. The molecule has 23 heteroatoms. The van der Waals surface area contributed by atoms with Crippen molar-refractivity contribution in [2.24, 2.45) is 27.5 Å². The van der Waals surface area contributed by atoms with Crippen molar-refractivity contribution in [3.8, 4) is 0 Å². The van der Waals surface area contributed by atoms with Crippen LogP contribution in [0.2, 0.25) is 0 Å². The number of benzene rings is 5. The number of carboxylic acid groups (broad SMARTS) is 1. The van der Waals surface area contributed by atoms with Crippen molar-refractivity contribution in [3.63, 3.8) is 0 Å². The fourth-order valence-electron chi connectivity index (χ4n) is 9.66. The van der Waals surface area contributed by atoms with Gasteiger partial charge in [0.1, 0.15) is 30.5 Å². The number of esters is 4. The van der Waals surface area contributed by atoms with Gasteiger partial charge in [-0.15, -0.1) is 12.4 Å². The Balaban J connectivity index is 0. The fraction of sp³-hybridized carbons (Fsp3) is 0.512. The van der Waals surface area contributed by atoms with Crippen LogP contribution in [0.15, 0.2) is 126 Å². The number of carboxylic acids is 1. The molecule has 0 saturated carbocycles. The van der Waals surface area contributed by atoms with Crippen LogP contribution in [0.1, 0.15) is 208 Å². The third kappa shape index (κ3) is 33.8. The molecule has 2 amide bonds. The lowest BCUT2D eigenvalue weighted by molar-refractivity contribution is -0.156. The highest BCUT2D eigenvalue weighted by molar-refractivity contribution is 5.88. The summed E-state index contributed by atoms with van der Waals surface area (Å²) < 4.78 is 45.0. The minimum Gasteiger partial charge on any atom is -0.480 e. The number of hydrogen-bond acceptors (Lipinski definition) is 19. The maximum absolute atomic E-state index is 12.9. The van der Waals surface area contributed by atoms with Crippen molar-refractivity contribution in [3.05, 3.63) is 177 Å². The number of carbonyl (C=O) groups is 8. The average Bonchev–Trinajstić information content (AvgIpc) is 0.822. The molecule has 0 fully saturated rings. The summed E-state index contributed by atoms with van der Waals surface area (Å²) in [7, 11) is 13.7. The summed E-state index contributed by atoms with van der Waals surface area (Å²) in [5.41, 5.74) is 13.7. The number of nitrogens with two attached hydrogens (primary N) is 1. The molecule has 0 bridgehead atoms. The second-order valence-corrected chi connectivity index (χ2v) is 26.2. The standard InChI is InChI=1S/C19H29NO4.C18H27NO4.C15H22O3.C14H19NO3.C10H12O2.C4H9NO2.ClH/c1-13(17(21)24-7)20(18(22)19(3,4)5)12-15-10-8-9-11-16(15)14(2)23-6;1-12(16(20)21)19(17(22)18(3,4)5)11-14-9-7-8-10-15(14)13(2)23-6;1-11(15(16)18-4)9-10-13-7-5-6-8-14(13)12(2)17-3;1-10(14(16)18-4)15-9-12-7-5-6-8-13(12)11(2)17-3;1-8(12-2)10-6-4-3-5-9(10)7-11;1-3(5)4(6)7-2;/h8-11,13-14H,12H2,1-7H3;7-10,12-13H,11H2,1-6H3,(H,20,21);5-8,11-12H,9-10H2,1-4H3;5-11H,1-4H3;3-8H,1-2H3;3H,5H2,1-2H3;1H/t13-,14?;12-,13?;11-,12?;;;3-;/m001..0./s1. The van der Waals surface area contributed by atoms with Crippen molar-refractivity contribution in [1.29, 1.82) is 0 Å². The number of ether oxygens (including phenoxy) is 9. The lowest BCUT2D eigenvalue weighted by Gasteiger charge is -2.33. The Morgan fingerprint density at radius 2 is 0.748 bits per heavy atom. The number of methoxy groups -OCH3 is 9. The number of hydrogen-bond donors (Lipinski definition) is 2. The second-order valence-electron chi connectivity index (χ2n) is 26.2. The van der Waals surface area contributed by atoms with Gasteiger partial charge in [0, 0.05) is 71.2 Å². The largest absolute Gasteiger partial charge is 0.480 e. The Hall–Kier alpha value is -8.22. The van der Waals surface area contributed by atoms with Crippen molar-refractivity contribution in [2.45, 2.75) is 191 Å². The first kappa shape index (κ1) is 96.8. The van der Waals surface area contributed by atoms with Crippen LogP contribution in [0.25, 0.3) is 0 Å². The average molecular weight is 1460 g/mol. The maximum atomic E-state index is 12.9. The predicted octanol–water partition coefficient (Wildman–Crippen LogP) is 14.2. The Morgan fingerprint density at radius 1 is 0.437 bits per heavy atom. The molecular formula is C80H119ClN4O18. The summed E-state index contributed by atoms with van der Waals surface area (Å²) in [6.45, 7) is 29.7. The lowest BCUT2D eigenvalue weighted by atomic mass is 9.93. The molecule has 5 aromatic carbocycles. The van der Waals surface area contributed by atoms with E-state index in [-0.39, 0.29) is 85.1 Å². The number of aliphatic carboxylic acids is 1. The van der Waals surface area contributed by atoms with Gasteiger partial charge >= 0.3 is 29.8 Å². The number of aldehydes is 1. The van der Waals surface area contributed by atoms with Crippen molar-refractivity contribution in [2.75, 3.05) is 64.0 Å². The van der Waals surface area contributed by atoms with Crippen LogP contribution in [0.5, 0.6) is 0 Å². The van der Waals surface area contributed by atoms with Crippen molar-refractivity contribution >= 4 is 66.6 Å². The molecule has 3 N–H and O–H groups in total. The number of halogens is 1. The molecule has 6 unspecified atom stereocenters. The summed E-state index contributed by atoms with van der Waals surface area (Å²) in [5.74, 6) is -2.66. The lowest BCUT2D eigenvalue weighted by Crippen LogP contribution is -2.48. The van der Waals surface area contributed by atoms with Gasteiger partial charge in [0.05, 0.1) is 64.9 Å². The summed E-state index contributed by atoms with van der Waals surface area (Å²) in [6.07, 6.45) is 4.01. The van der Waals surface area contributed by atoms with Gasteiger partial charge in [-0.05, 0) is 125 Å². The van der Waals surface area contributed by atoms with E-state index >= 15 is 0 Å². The molecule has 0 aliphatic carbocycles. The van der Waals surface area contributed by atoms with E-state index in [4.69, 9.17) is 38.9 Å². The molecule has 574 valence electrons. The minimum absolute atomic E-state index is 0. The van der Waals surface area contributed by atoms with Crippen LogP contribution < -0.4 is 5.73 Å². The van der Waals surface area contributed by atoms with Crippen LogP contribution in [0.4, 0.5) is 0 Å². The SMILES string of the molecule is COC(=O)C(C)N=Cc1ccccc1C(C)OC.COC(=O)[C@H](C)CCc1ccccc1C(C)OC.COC(=O)[C@H](C)N.COC(=O)[C@H](C)N(Cc1ccccc1C(C)OC)C(=O)C(C)(C)C.COC(C)c1ccccc1C=O.COC(C)c1ccccc1CN(C(=O)C(C)(C)C)[C@@H](C)C(=O)O.Cl. The number of carbonyl (C=O) groups excluding carboxylic acids is 7. The van der Waals surface area contributed by atoms with Gasteiger partial charge in [0.25, 0.3) is 0 Å². The maximum Gasteiger partial charge on any atom is 0.330 e. The predicted molar refractivity (Wildman–Crippen MR) is 405 cm³/mol. The molecular weight excluding hydrogens is 1340 g/mol. The molecule has 103 heavy (non-hydrogen) atoms. The van der Waals surface area contributed by atoms with Crippen molar-refractivity contribution < 1.29 is 86.1 Å². The first-order valence-electron chi connectivity index (χ1n) is 33.8. The van der Waals surface area contributed by atoms with Gasteiger partial charge in [-0.25, -0.2) is 14.4 Å². The molecule has 0 aliphatic rings. The molecule has 0 spiro atoms. The zero-order valence-corrected chi connectivity index (χ0v) is 66.3. The fourth-order valence-corrected chi connectivity index (χ4v) is 9.66. The van der Waals surface area contributed by atoms with Gasteiger partial charge in [-0.1, -0.05) is 170 Å². The van der Waals surface area contributed by atoms with E-state index in [2.05, 4.69) is 26.6 Å². The van der Waals surface area contributed by atoms with E-state index in [1.165, 1.54) is 51.4 Å². The number of rotatable bonds is 27. The molecule has 0 aromatic heterocycles. The van der Waals surface area contributed by atoms with Crippen LogP contribution in [-0.2, 0) is 95.7 Å². The minimum atomic E-state index is -1.01. The Bertz CT molecular complexity index is 3380. The summed E-state index contributed by atoms with van der Waals surface area (Å²) >= 11 is 0. The molecule has 5 rings (SSSR count). The quantitative estimate of drug-likeness (QED) is 0.0214. The molecule has 10 atom stereocenters. The van der Waals surface area contributed by atoms with Gasteiger partial charge in [0.15, 0.2) is 0 Å². The Morgan fingerprint density at radius 3 is 1.08 bits per heavy atom. The van der Waals surface area contributed by atoms with Crippen molar-refractivity contribution in [1.82, 2.24) is 9.80 Å². The van der Waals surface area contributed by atoms with Crippen LogP contribution in [-0.4, -0.2) is 157 Å². The van der Waals surface area contributed by atoms with Gasteiger partial charge in [-0.2, -0.15) is 0 Å². The highest BCUT2D eigenvalue weighted by Gasteiger charge is 2.36. The number of aryl methyl sites for hydroxylation is 1. The molecule has 0 radical (unpaired) electrons. The number of aliphatic imine (C=N–C) groups is 1. The van der Waals surface area contributed by atoms with Gasteiger partial charge in [0.2, 0.25) is 11.8 Å². The smallest absolute Gasteiger partial charge is 0.330 e. The monoisotopic (exact) mass is 1460 g/mol. The van der Waals surface area contributed by atoms with E-state index in [9.17, 15) is 43.5 Å². The topological polar surface area (TPSA) is 285 Å². The summed E-state index contributed by atoms with van der Waals surface area (Å²) in [6, 6.07) is 36.3. The molecule has 0 saturated heterocycles. The third-order valence-electron chi connectivity index (χ3n) is 16.6. The highest BCUT2D eigenvalue weighted by Crippen LogP contribution is 2.29. The Labute approximate surface area is 619 Å². The highest BCUT2D eigenvalue weighted by atomic mass is 35.5. The summed E-state index contributed by atoms with van der Waals surface area (Å²) in [4.78, 5) is 99.5. The van der Waals surface area contributed by atoms with E-state index in [1.54, 1.807) is 94.3 Å². The van der Waals surface area contributed by atoms with Gasteiger partial charge < -0.3 is 63.3 Å². The zero-order valence-electron chi connectivity index (χ0n) is 65.5. The number of amides is 2. The Kier molecular flexibility index (Phi) is 47.2. The molecule has 5 aromatic rings. The second kappa shape index (κ2) is 50.2.